The molecule has 0 spiro atoms. The van der Waals surface area contributed by atoms with Gasteiger partial charge in [-0.3, -0.25) is 14.3 Å². The van der Waals surface area contributed by atoms with Crippen molar-refractivity contribution in [2.45, 2.75) is 26.4 Å². The minimum atomic E-state index is -0.140. The number of ether oxygens (including phenoxy) is 1. The molecule has 1 aromatic carbocycles. The minimum absolute atomic E-state index is 0.140. The predicted octanol–water partition coefficient (Wildman–Crippen LogP) is 4.01. The van der Waals surface area contributed by atoms with Crippen LogP contribution in [0, 0.1) is 0 Å². The molecule has 3 aromatic rings. The van der Waals surface area contributed by atoms with Crippen LogP contribution in [-0.2, 0) is 13.0 Å². The van der Waals surface area contributed by atoms with Crippen molar-refractivity contribution in [1.82, 2.24) is 14.9 Å². The molecular formula is C22H24ClN3O2. The molecule has 0 radical (unpaired) electrons. The van der Waals surface area contributed by atoms with Gasteiger partial charge in [-0.2, -0.15) is 0 Å². The molecule has 6 heteroatoms. The van der Waals surface area contributed by atoms with Crippen LogP contribution < -0.4 is 15.6 Å². The Morgan fingerprint density at radius 3 is 2.61 bits per heavy atom. The Kier molecular flexibility index (Phi) is 7.23. The summed E-state index contributed by atoms with van der Waals surface area (Å²) in [5.41, 5.74) is 2.69. The van der Waals surface area contributed by atoms with Crippen molar-refractivity contribution in [1.29, 1.82) is 0 Å². The van der Waals surface area contributed by atoms with Gasteiger partial charge in [0.2, 0.25) is 0 Å². The summed E-state index contributed by atoms with van der Waals surface area (Å²) in [5, 5.41) is 3.97. The third-order valence-corrected chi connectivity index (χ3v) is 4.52. The van der Waals surface area contributed by atoms with Crippen LogP contribution in [0.3, 0.4) is 0 Å². The molecule has 0 amide bonds. The molecular weight excluding hydrogens is 374 g/mol. The summed E-state index contributed by atoms with van der Waals surface area (Å²) in [6, 6.07) is 14.9. The van der Waals surface area contributed by atoms with E-state index in [1.165, 1.54) is 11.6 Å². The maximum Gasteiger partial charge on any atom is 0.258 e. The van der Waals surface area contributed by atoms with Crippen LogP contribution >= 0.6 is 11.6 Å². The lowest BCUT2D eigenvalue weighted by molar-refractivity contribution is 0.300. The average Bonchev–Trinajstić information content (AvgIpc) is 2.71. The van der Waals surface area contributed by atoms with E-state index in [2.05, 4.69) is 29.4 Å². The van der Waals surface area contributed by atoms with E-state index in [4.69, 9.17) is 16.3 Å². The zero-order chi connectivity index (χ0) is 19.8. The molecule has 0 bridgehead atoms. The summed E-state index contributed by atoms with van der Waals surface area (Å²) in [6.07, 6.45) is 5.41. The Hall–Kier alpha value is -2.63. The van der Waals surface area contributed by atoms with Crippen LogP contribution in [0.4, 0.5) is 0 Å². The molecule has 2 aromatic heterocycles. The number of aromatic nitrogens is 2. The van der Waals surface area contributed by atoms with Crippen LogP contribution in [0.5, 0.6) is 5.75 Å². The van der Waals surface area contributed by atoms with E-state index >= 15 is 0 Å². The Balaban J connectivity index is 1.61. The molecule has 0 saturated carbocycles. The van der Waals surface area contributed by atoms with E-state index in [9.17, 15) is 4.79 Å². The fourth-order valence-electron chi connectivity index (χ4n) is 2.77. The summed E-state index contributed by atoms with van der Waals surface area (Å²) in [4.78, 5) is 16.6. The molecule has 3 rings (SSSR count). The molecule has 0 aliphatic carbocycles. The van der Waals surface area contributed by atoms with Gasteiger partial charge in [0.05, 0.1) is 10.7 Å². The second-order valence-electron chi connectivity index (χ2n) is 6.49. The van der Waals surface area contributed by atoms with Crippen molar-refractivity contribution in [3.63, 3.8) is 0 Å². The topological polar surface area (TPSA) is 56.1 Å². The highest BCUT2D eigenvalue weighted by atomic mass is 35.5. The Bertz CT molecular complexity index is 937. The lowest BCUT2D eigenvalue weighted by Crippen LogP contribution is -2.18. The van der Waals surface area contributed by atoms with Crippen molar-refractivity contribution in [3.8, 4) is 11.4 Å². The highest BCUT2D eigenvalue weighted by Crippen LogP contribution is 2.13. The zero-order valence-electron chi connectivity index (χ0n) is 15.9. The van der Waals surface area contributed by atoms with Gasteiger partial charge in [-0.15, -0.1) is 0 Å². The Morgan fingerprint density at radius 1 is 1.11 bits per heavy atom. The maximum atomic E-state index is 12.5. The van der Waals surface area contributed by atoms with Crippen LogP contribution in [0.1, 0.15) is 24.6 Å². The molecule has 1 N–H and O–H groups in total. The van der Waals surface area contributed by atoms with Gasteiger partial charge in [0.1, 0.15) is 12.4 Å². The molecule has 5 nitrogen and oxygen atoms in total. The number of hydrogen-bond acceptors (Lipinski definition) is 4. The van der Waals surface area contributed by atoms with E-state index < -0.39 is 0 Å². The van der Waals surface area contributed by atoms with Gasteiger partial charge < -0.3 is 10.1 Å². The predicted molar refractivity (Wildman–Crippen MR) is 112 cm³/mol. The van der Waals surface area contributed by atoms with Gasteiger partial charge >= 0.3 is 0 Å². The molecule has 0 unspecified atom stereocenters. The van der Waals surface area contributed by atoms with Crippen molar-refractivity contribution in [3.05, 3.63) is 87.6 Å². The first-order valence-electron chi connectivity index (χ1n) is 9.41. The largest absolute Gasteiger partial charge is 0.487 e. The number of nitrogens with zero attached hydrogens (tertiary/aromatic N) is 2. The molecule has 146 valence electrons. The van der Waals surface area contributed by atoms with Crippen molar-refractivity contribution in [2.24, 2.45) is 0 Å². The van der Waals surface area contributed by atoms with Gasteiger partial charge in [0, 0.05) is 24.1 Å². The first-order valence-corrected chi connectivity index (χ1v) is 9.79. The second kappa shape index (κ2) is 10.1. The van der Waals surface area contributed by atoms with Crippen LogP contribution in [0.2, 0.25) is 5.02 Å². The van der Waals surface area contributed by atoms with Gasteiger partial charge in [-0.25, -0.2) is 0 Å². The van der Waals surface area contributed by atoms with E-state index in [0.717, 1.165) is 37.3 Å². The number of rotatable bonds is 9. The molecule has 0 fully saturated rings. The van der Waals surface area contributed by atoms with E-state index in [1.54, 1.807) is 35.2 Å². The lowest BCUT2D eigenvalue weighted by atomic mass is 10.1. The van der Waals surface area contributed by atoms with E-state index in [0.29, 0.717) is 10.8 Å². The number of benzene rings is 1. The fourth-order valence-corrected chi connectivity index (χ4v) is 2.88. The quantitative estimate of drug-likeness (QED) is 0.554. The summed E-state index contributed by atoms with van der Waals surface area (Å²) in [5.74, 6) is 0.511. The number of nitrogens with one attached hydrogen (secondary N) is 1. The first-order chi connectivity index (χ1) is 13.7. The summed E-state index contributed by atoms with van der Waals surface area (Å²) in [6.45, 7) is 4.43. The van der Waals surface area contributed by atoms with Gasteiger partial charge in [-0.05, 0) is 61.8 Å². The average molecular weight is 398 g/mol. The van der Waals surface area contributed by atoms with Crippen LogP contribution in [-0.4, -0.2) is 22.6 Å². The maximum absolute atomic E-state index is 12.5. The Labute approximate surface area is 170 Å². The van der Waals surface area contributed by atoms with Gasteiger partial charge in [0.15, 0.2) is 0 Å². The molecule has 0 aliphatic heterocycles. The third-order valence-electron chi connectivity index (χ3n) is 4.30. The number of halogens is 1. The van der Waals surface area contributed by atoms with E-state index in [-0.39, 0.29) is 12.2 Å². The Morgan fingerprint density at radius 2 is 1.93 bits per heavy atom. The minimum Gasteiger partial charge on any atom is -0.487 e. The molecule has 0 saturated heterocycles. The standard InChI is InChI=1S/C22H24ClN3O2/c1-2-11-24-12-9-17-3-7-20(8-4-17)26-13-10-21(14-22(26)27)28-16-19-6-5-18(23)15-25-19/h3-8,10,13-15,24H,2,9,11-12,16H2,1H3. The highest BCUT2D eigenvalue weighted by Gasteiger charge is 2.04. The summed E-state index contributed by atoms with van der Waals surface area (Å²) >= 11 is 5.82. The van der Waals surface area contributed by atoms with Crippen molar-refractivity contribution in [2.75, 3.05) is 13.1 Å². The van der Waals surface area contributed by atoms with Gasteiger partial charge in [0.25, 0.3) is 5.56 Å². The van der Waals surface area contributed by atoms with Crippen molar-refractivity contribution < 1.29 is 4.74 Å². The smallest absolute Gasteiger partial charge is 0.258 e. The first kappa shape index (κ1) is 20.1. The number of pyridine rings is 2. The SMILES string of the molecule is CCCNCCc1ccc(-n2ccc(OCc3ccc(Cl)cn3)cc2=O)cc1. The fraction of sp³-hybridized carbons (Fsp3) is 0.273. The summed E-state index contributed by atoms with van der Waals surface area (Å²) in [7, 11) is 0. The lowest BCUT2D eigenvalue weighted by Gasteiger charge is -2.10. The van der Waals surface area contributed by atoms with Crippen molar-refractivity contribution >= 4 is 11.6 Å². The second-order valence-corrected chi connectivity index (χ2v) is 6.93. The molecule has 28 heavy (non-hydrogen) atoms. The third kappa shape index (κ3) is 5.68. The highest BCUT2D eigenvalue weighted by molar-refractivity contribution is 6.30. The monoisotopic (exact) mass is 397 g/mol. The van der Waals surface area contributed by atoms with Gasteiger partial charge in [-0.1, -0.05) is 30.7 Å². The zero-order valence-corrected chi connectivity index (χ0v) is 16.7. The normalized spacial score (nSPS) is 10.8. The van der Waals surface area contributed by atoms with Crippen LogP contribution in [0.25, 0.3) is 5.69 Å². The number of hydrogen-bond donors (Lipinski definition) is 1. The molecule has 2 heterocycles. The summed E-state index contributed by atoms with van der Waals surface area (Å²) < 4.78 is 7.26. The molecule has 0 aliphatic rings. The van der Waals surface area contributed by atoms with E-state index in [1.807, 2.05) is 12.1 Å². The molecule has 0 atom stereocenters. The van der Waals surface area contributed by atoms with Crippen LogP contribution in [0.15, 0.2) is 65.7 Å².